The molecule has 156 valence electrons. The first-order valence-corrected chi connectivity index (χ1v) is 9.04. The van der Waals surface area contributed by atoms with Crippen molar-refractivity contribution >= 4 is 23.9 Å². The first kappa shape index (κ1) is 22.2. The number of nitrogens with zero attached hydrogens (tertiary/aromatic N) is 1. The Morgan fingerprint density at radius 3 is 2.34 bits per heavy atom. The van der Waals surface area contributed by atoms with Gasteiger partial charge in [-0.05, 0) is 37.1 Å². The van der Waals surface area contributed by atoms with Crippen molar-refractivity contribution in [3.05, 3.63) is 46.7 Å². The second kappa shape index (κ2) is 10.4. The van der Waals surface area contributed by atoms with Crippen LogP contribution in [0.3, 0.4) is 0 Å². The largest absolute Gasteiger partial charge is 0.482 e. The maximum absolute atomic E-state index is 12.9. The maximum Gasteiger partial charge on any atom is 0.343 e. The third kappa shape index (κ3) is 5.45. The molecule has 0 aromatic heterocycles. The van der Waals surface area contributed by atoms with Crippen LogP contribution in [0, 0.1) is 0 Å². The molecule has 0 unspecified atom stereocenters. The second-order valence-electron chi connectivity index (χ2n) is 6.25. The van der Waals surface area contributed by atoms with Crippen LogP contribution in [-0.4, -0.2) is 63.8 Å². The molecular weight excluding hydrogens is 378 g/mol. The zero-order valence-electron chi connectivity index (χ0n) is 17.0. The van der Waals surface area contributed by atoms with Crippen molar-refractivity contribution in [2.75, 3.05) is 41.1 Å². The quantitative estimate of drug-likeness (QED) is 0.354. The average Bonchev–Trinajstić information content (AvgIpc) is 2.96. The smallest absolute Gasteiger partial charge is 0.343 e. The predicted octanol–water partition coefficient (Wildman–Crippen LogP) is 1.95. The highest BCUT2D eigenvalue weighted by atomic mass is 16.6. The van der Waals surface area contributed by atoms with Crippen LogP contribution < -0.4 is 4.74 Å². The van der Waals surface area contributed by atoms with Crippen LogP contribution in [-0.2, 0) is 28.6 Å². The molecule has 0 spiro atoms. The van der Waals surface area contributed by atoms with Gasteiger partial charge in [0, 0.05) is 26.0 Å². The van der Waals surface area contributed by atoms with E-state index >= 15 is 0 Å². The Morgan fingerprint density at radius 2 is 1.76 bits per heavy atom. The van der Waals surface area contributed by atoms with E-state index in [0.717, 1.165) is 0 Å². The van der Waals surface area contributed by atoms with E-state index in [1.807, 2.05) is 0 Å². The molecule has 0 aliphatic carbocycles. The Morgan fingerprint density at radius 1 is 1.07 bits per heavy atom. The van der Waals surface area contributed by atoms with Crippen LogP contribution in [0.25, 0.3) is 6.08 Å². The summed E-state index contributed by atoms with van der Waals surface area (Å²) in [6.07, 6.45) is 2.28. The molecule has 2 rings (SSSR count). The van der Waals surface area contributed by atoms with Gasteiger partial charge in [-0.15, -0.1) is 0 Å². The third-order valence-corrected chi connectivity index (χ3v) is 4.41. The summed E-state index contributed by atoms with van der Waals surface area (Å²) in [6, 6.07) is 6.79. The SMILES string of the molecule is COCCCN1C(=O)/C(=C\c2ccc(OCC(=O)OC)cc2)C(C(=O)OC)=C1C. The lowest BCUT2D eigenvalue weighted by atomic mass is 10.0. The molecule has 1 heterocycles. The molecule has 0 saturated carbocycles. The van der Waals surface area contributed by atoms with Gasteiger partial charge in [0.1, 0.15) is 5.75 Å². The van der Waals surface area contributed by atoms with Gasteiger partial charge in [0.25, 0.3) is 5.91 Å². The highest BCUT2D eigenvalue weighted by Crippen LogP contribution is 2.32. The Bertz CT molecular complexity index is 824. The fourth-order valence-electron chi connectivity index (χ4n) is 2.89. The lowest BCUT2D eigenvalue weighted by Gasteiger charge is -2.17. The zero-order valence-corrected chi connectivity index (χ0v) is 17.0. The summed E-state index contributed by atoms with van der Waals surface area (Å²) < 4.78 is 19.7. The standard InChI is InChI=1S/C21H25NO7/c1-14-19(21(25)28-4)17(20(24)22(14)10-5-11-26-2)12-15-6-8-16(9-7-15)29-13-18(23)27-3/h6-9,12H,5,10-11,13H2,1-4H3/b17-12-. The van der Waals surface area contributed by atoms with E-state index in [2.05, 4.69) is 4.74 Å². The van der Waals surface area contributed by atoms with E-state index in [9.17, 15) is 14.4 Å². The van der Waals surface area contributed by atoms with Crippen molar-refractivity contribution < 1.29 is 33.3 Å². The predicted molar refractivity (Wildman–Crippen MR) is 105 cm³/mol. The highest BCUT2D eigenvalue weighted by Gasteiger charge is 2.36. The summed E-state index contributed by atoms with van der Waals surface area (Å²) in [6.45, 7) is 2.48. The van der Waals surface area contributed by atoms with E-state index in [4.69, 9.17) is 14.2 Å². The molecule has 0 saturated heterocycles. The van der Waals surface area contributed by atoms with Crippen LogP contribution in [0.5, 0.6) is 5.75 Å². The number of hydrogen-bond acceptors (Lipinski definition) is 7. The van der Waals surface area contributed by atoms with E-state index in [-0.39, 0.29) is 23.7 Å². The number of carbonyl (C=O) groups is 3. The fourth-order valence-corrected chi connectivity index (χ4v) is 2.89. The van der Waals surface area contributed by atoms with Gasteiger partial charge in [0.05, 0.1) is 25.4 Å². The van der Waals surface area contributed by atoms with Crippen molar-refractivity contribution in [3.8, 4) is 5.75 Å². The lowest BCUT2D eigenvalue weighted by molar-refractivity contribution is -0.143. The topological polar surface area (TPSA) is 91.4 Å². The number of hydrogen-bond donors (Lipinski definition) is 0. The Balaban J connectivity index is 2.25. The number of rotatable bonds is 9. The lowest BCUT2D eigenvalue weighted by Crippen LogP contribution is -2.26. The van der Waals surface area contributed by atoms with Gasteiger partial charge in [-0.1, -0.05) is 12.1 Å². The second-order valence-corrected chi connectivity index (χ2v) is 6.25. The minimum absolute atomic E-state index is 0.194. The molecule has 1 aromatic rings. The summed E-state index contributed by atoms with van der Waals surface area (Å²) in [4.78, 5) is 37.9. The average molecular weight is 403 g/mol. The van der Waals surface area contributed by atoms with E-state index in [0.29, 0.717) is 36.6 Å². The van der Waals surface area contributed by atoms with E-state index in [1.54, 1.807) is 49.3 Å². The molecular formula is C21H25NO7. The van der Waals surface area contributed by atoms with Crippen LogP contribution >= 0.6 is 0 Å². The number of carbonyl (C=O) groups excluding carboxylic acids is 3. The van der Waals surface area contributed by atoms with Gasteiger partial charge >= 0.3 is 11.9 Å². The van der Waals surface area contributed by atoms with Crippen LogP contribution in [0.1, 0.15) is 18.9 Å². The van der Waals surface area contributed by atoms with Gasteiger partial charge in [-0.2, -0.15) is 0 Å². The summed E-state index contributed by atoms with van der Waals surface area (Å²) in [5.74, 6) is -0.819. The van der Waals surface area contributed by atoms with Crippen molar-refractivity contribution in [3.63, 3.8) is 0 Å². The zero-order chi connectivity index (χ0) is 21.4. The van der Waals surface area contributed by atoms with Gasteiger partial charge in [0.2, 0.25) is 0 Å². The summed E-state index contributed by atoms with van der Waals surface area (Å²) in [5, 5.41) is 0. The molecule has 0 N–H and O–H groups in total. The molecule has 1 aliphatic heterocycles. The van der Waals surface area contributed by atoms with Crippen molar-refractivity contribution in [2.24, 2.45) is 0 Å². The molecule has 1 aromatic carbocycles. The van der Waals surface area contributed by atoms with Crippen molar-refractivity contribution in [1.82, 2.24) is 4.90 Å². The molecule has 0 atom stereocenters. The van der Waals surface area contributed by atoms with Gasteiger partial charge < -0.3 is 23.8 Å². The number of esters is 2. The summed E-state index contributed by atoms with van der Waals surface area (Å²) in [5.41, 5.74) is 1.78. The Labute approximate surface area is 169 Å². The minimum Gasteiger partial charge on any atom is -0.482 e. The minimum atomic E-state index is -0.561. The van der Waals surface area contributed by atoms with Crippen LogP contribution in [0.2, 0.25) is 0 Å². The summed E-state index contributed by atoms with van der Waals surface area (Å²) in [7, 11) is 4.16. The van der Waals surface area contributed by atoms with Gasteiger partial charge in [-0.3, -0.25) is 4.79 Å². The third-order valence-electron chi connectivity index (χ3n) is 4.41. The normalized spacial score (nSPS) is 15.1. The monoisotopic (exact) mass is 403 g/mol. The number of benzene rings is 1. The number of allylic oxidation sites excluding steroid dienone is 1. The van der Waals surface area contributed by atoms with Gasteiger partial charge in [0.15, 0.2) is 6.61 Å². The molecule has 8 nitrogen and oxygen atoms in total. The molecule has 1 amide bonds. The number of amides is 1. The maximum atomic E-state index is 12.9. The van der Waals surface area contributed by atoms with E-state index in [1.165, 1.54) is 14.2 Å². The Hall–Kier alpha value is -3.13. The molecule has 0 bridgehead atoms. The van der Waals surface area contributed by atoms with Gasteiger partial charge in [-0.25, -0.2) is 9.59 Å². The Kier molecular flexibility index (Phi) is 7.97. The van der Waals surface area contributed by atoms with Crippen molar-refractivity contribution in [1.29, 1.82) is 0 Å². The molecule has 8 heteroatoms. The molecule has 0 radical (unpaired) electrons. The van der Waals surface area contributed by atoms with Crippen LogP contribution in [0.15, 0.2) is 41.1 Å². The molecule has 0 fully saturated rings. The fraction of sp³-hybridized carbons (Fsp3) is 0.381. The van der Waals surface area contributed by atoms with Crippen LogP contribution in [0.4, 0.5) is 0 Å². The number of methoxy groups -OCH3 is 3. The molecule has 1 aliphatic rings. The number of ether oxygens (including phenoxy) is 4. The highest BCUT2D eigenvalue weighted by molar-refractivity contribution is 6.16. The summed E-state index contributed by atoms with van der Waals surface area (Å²) >= 11 is 0. The first-order chi connectivity index (χ1) is 13.9. The first-order valence-electron chi connectivity index (χ1n) is 9.04. The van der Waals surface area contributed by atoms with Crippen molar-refractivity contribution in [2.45, 2.75) is 13.3 Å². The van der Waals surface area contributed by atoms with E-state index < -0.39 is 11.9 Å². The molecule has 29 heavy (non-hydrogen) atoms.